The first-order chi connectivity index (χ1) is 12.7. The van der Waals surface area contributed by atoms with Gasteiger partial charge >= 0.3 is 0 Å². The molecule has 2 N–H and O–H groups in total. The van der Waals surface area contributed by atoms with Crippen LogP contribution in [-0.4, -0.2) is 63.7 Å². The summed E-state index contributed by atoms with van der Waals surface area (Å²) in [6.07, 6.45) is 3.18. The van der Waals surface area contributed by atoms with Crippen LogP contribution in [0.2, 0.25) is 0 Å². The molecule has 1 aromatic carbocycles. The van der Waals surface area contributed by atoms with Gasteiger partial charge in [-0.15, -0.1) is 0 Å². The predicted molar refractivity (Wildman–Crippen MR) is 108 cm³/mol. The highest BCUT2D eigenvalue weighted by Crippen LogP contribution is 2.27. The Hall–Kier alpha value is -2.36. The molecule has 10 heteroatoms. The summed E-state index contributed by atoms with van der Waals surface area (Å²) in [6.45, 7) is 6.58. The van der Waals surface area contributed by atoms with E-state index in [1.807, 2.05) is 14.0 Å². The molecule has 0 aromatic heterocycles. The molecule has 0 aliphatic carbocycles. The number of hydrogen-bond acceptors (Lipinski definition) is 6. The van der Waals surface area contributed by atoms with Gasteiger partial charge < -0.3 is 15.5 Å². The van der Waals surface area contributed by atoms with Gasteiger partial charge in [0.15, 0.2) is 15.8 Å². The molecule has 0 radical (unpaired) electrons. The van der Waals surface area contributed by atoms with Crippen LogP contribution in [0.3, 0.4) is 0 Å². The van der Waals surface area contributed by atoms with Gasteiger partial charge in [0.05, 0.1) is 16.4 Å². The molecule has 0 aliphatic rings. The summed E-state index contributed by atoms with van der Waals surface area (Å²) >= 11 is 0. The van der Waals surface area contributed by atoms with Gasteiger partial charge in [-0.1, -0.05) is 13.3 Å². The number of anilines is 1. The minimum atomic E-state index is -3.50. The van der Waals surface area contributed by atoms with E-state index in [-0.39, 0.29) is 16.3 Å². The fourth-order valence-corrected chi connectivity index (χ4v) is 3.01. The quantitative estimate of drug-likeness (QED) is 0.203. The number of hydrogen-bond donors (Lipinski definition) is 2. The number of nitrogens with zero attached hydrogens (tertiary/aromatic N) is 3. The van der Waals surface area contributed by atoms with Gasteiger partial charge in [-0.2, -0.15) is 0 Å². The number of aliphatic imine (C=N–C) groups is 1. The maximum absolute atomic E-state index is 11.6. The fourth-order valence-electron chi connectivity index (χ4n) is 2.37. The Morgan fingerprint density at radius 3 is 2.59 bits per heavy atom. The standard InChI is InChI=1S/C17H29N5O4S/c1-5-7-12-21(3)17(18-6-2)20-11-10-19-15-9-8-14(27(4,25)26)13-16(15)22(23)24/h8-9,13,19H,5-7,10-12H2,1-4H3,(H,18,20). The highest BCUT2D eigenvalue weighted by molar-refractivity contribution is 7.90. The Balaban J connectivity index is 2.80. The average Bonchev–Trinajstić information content (AvgIpc) is 2.61. The van der Waals surface area contributed by atoms with E-state index in [9.17, 15) is 18.5 Å². The number of guanidine groups is 1. The lowest BCUT2D eigenvalue weighted by Crippen LogP contribution is -2.39. The SMILES string of the molecule is CCCCN(C)C(=NCCNc1ccc(S(C)(=O)=O)cc1[N+](=O)[O-])NCC. The van der Waals surface area contributed by atoms with Crippen molar-refractivity contribution in [2.75, 3.05) is 44.8 Å². The highest BCUT2D eigenvalue weighted by atomic mass is 32.2. The number of unbranched alkanes of at least 4 members (excludes halogenated alkanes) is 1. The highest BCUT2D eigenvalue weighted by Gasteiger charge is 2.18. The molecule has 1 rings (SSSR count). The van der Waals surface area contributed by atoms with Crippen LogP contribution in [0.5, 0.6) is 0 Å². The molecule has 1 aromatic rings. The Bertz CT molecular complexity index is 765. The van der Waals surface area contributed by atoms with Crippen molar-refractivity contribution in [1.82, 2.24) is 10.2 Å². The maximum Gasteiger partial charge on any atom is 0.293 e. The largest absolute Gasteiger partial charge is 0.378 e. The van der Waals surface area contributed by atoms with Crippen molar-refractivity contribution in [3.8, 4) is 0 Å². The molecule has 0 bridgehead atoms. The zero-order valence-corrected chi connectivity index (χ0v) is 17.2. The maximum atomic E-state index is 11.6. The van der Waals surface area contributed by atoms with Crippen molar-refractivity contribution < 1.29 is 13.3 Å². The second kappa shape index (κ2) is 10.7. The van der Waals surface area contributed by atoms with Gasteiger partial charge in [0.25, 0.3) is 5.69 Å². The number of nitrogens with one attached hydrogen (secondary N) is 2. The molecule has 0 heterocycles. The Kier molecular flexibility index (Phi) is 8.99. The summed E-state index contributed by atoms with van der Waals surface area (Å²) in [6, 6.07) is 3.84. The molecule has 0 unspecified atom stereocenters. The third kappa shape index (κ3) is 7.41. The Morgan fingerprint density at radius 1 is 1.33 bits per heavy atom. The molecular weight excluding hydrogens is 370 g/mol. The van der Waals surface area contributed by atoms with Crippen molar-refractivity contribution in [2.45, 2.75) is 31.6 Å². The van der Waals surface area contributed by atoms with Crippen LogP contribution in [0.15, 0.2) is 28.1 Å². The minimum absolute atomic E-state index is 0.0789. The molecule has 0 atom stereocenters. The Labute approximate surface area is 160 Å². The van der Waals surface area contributed by atoms with E-state index in [0.717, 1.165) is 44.2 Å². The van der Waals surface area contributed by atoms with Gasteiger partial charge in [0.2, 0.25) is 0 Å². The number of rotatable bonds is 10. The van der Waals surface area contributed by atoms with E-state index in [2.05, 4.69) is 27.4 Å². The van der Waals surface area contributed by atoms with Crippen LogP contribution in [0.25, 0.3) is 0 Å². The number of benzene rings is 1. The van der Waals surface area contributed by atoms with Crippen LogP contribution in [0.4, 0.5) is 11.4 Å². The molecule has 0 saturated heterocycles. The molecule has 152 valence electrons. The van der Waals surface area contributed by atoms with Crippen molar-refractivity contribution in [3.05, 3.63) is 28.3 Å². The van der Waals surface area contributed by atoms with Gasteiger partial charge in [-0.3, -0.25) is 15.1 Å². The molecule has 0 saturated carbocycles. The minimum Gasteiger partial charge on any atom is -0.378 e. The molecular formula is C17H29N5O4S. The molecule has 0 fully saturated rings. The van der Waals surface area contributed by atoms with Crippen LogP contribution < -0.4 is 10.6 Å². The molecule has 0 amide bonds. The summed E-state index contributed by atoms with van der Waals surface area (Å²) in [7, 11) is -1.53. The first-order valence-corrected chi connectivity index (χ1v) is 10.8. The van der Waals surface area contributed by atoms with Crippen LogP contribution in [0, 0.1) is 10.1 Å². The second-order valence-corrected chi connectivity index (χ2v) is 8.16. The first-order valence-electron chi connectivity index (χ1n) is 8.92. The van der Waals surface area contributed by atoms with Gasteiger partial charge in [0, 0.05) is 39.0 Å². The lowest BCUT2D eigenvalue weighted by Gasteiger charge is -2.21. The summed E-state index contributed by atoms with van der Waals surface area (Å²) < 4.78 is 23.2. The van der Waals surface area contributed by atoms with Crippen LogP contribution in [0.1, 0.15) is 26.7 Å². The normalized spacial score (nSPS) is 11.9. The monoisotopic (exact) mass is 399 g/mol. The van der Waals surface area contributed by atoms with Crippen LogP contribution >= 0.6 is 0 Å². The average molecular weight is 400 g/mol. The van der Waals surface area contributed by atoms with Crippen LogP contribution in [-0.2, 0) is 9.84 Å². The van der Waals surface area contributed by atoms with Gasteiger partial charge in [-0.05, 0) is 25.5 Å². The van der Waals surface area contributed by atoms with E-state index >= 15 is 0 Å². The van der Waals surface area contributed by atoms with E-state index in [1.54, 1.807) is 0 Å². The van der Waals surface area contributed by atoms with E-state index < -0.39 is 14.8 Å². The van der Waals surface area contributed by atoms with Crippen molar-refractivity contribution in [1.29, 1.82) is 0 Å². The lowest BCUT2D eigenvalue weighted by molar-refractivity contribution is -0.384. The molecule has 0 aliphatic heterocycles. The van der Waals surface area contributed by atoms with E-state index in [1.165, 1.54) is 12.1 Å². The smallest absolute Gasteiger partial charge is 0.293 e. The summed E-state index contributed by atoms with van der Waals surface area (Å²) in [5.41, 5.74) is 0.000753. The molecule has 0 spiro atoms. The van der Waals surface area contributed by atoms with Crippen molar-refractivity contribution in [2.24, 2.45) is 4.99 Å². The second-order valence-electron chi connectivity index (χ2n) is 6.15. The van der Waals surface area contributed by atoms with Crippen molar-refractivity contribution in [3.63, 3.8) is 0 Å². The zero-order chi connectivity index (χ0) is 20.4. The van der Waals surface area contributed by atoms with E-state index in [0.29, 0.717) is 13.1 Å². The zero-order valence-electron chi connectivity index (χ0n) is 16.4. The Morgan fingerprint density at radius 2 is 2.04 bits per heavy atom. The molecule has 27 heavy (non-hydrogen) atoms. The lowest BCUT2D eigenvalue weighted by atomic mass is 10.2. The fraction of sp³-hybridized carbons (Fsp3) is 0.588. The number of nitro groups is 1. The van der Waals surface area contributed by atoms with Crippen molar-refractivity contribution >= 4 is 27.2 Å². The number of sulfone groups is 1. The number of nitro benzene ring substituents is 1. The third-order valence-electron chi connectivity index (χ3n) is 3.83. The van der Waals surface area contributed by atoms with E-state index in [4.69, 9.17) is 0 Å². The summed E-state index contributed by atoms with van der Waals surface area (Å²) in [4.78, 5) is 17.1. The first kappa shape index (κ1) is 22.7. The third-order valence-corrected chi connectivity index (χ3v) is 4.94. The molecule has 9 nitrogen and oxygen atoms in total. The van der Waals surface area contributed by atoms with Gasteiger partial charge in [-0.25, -0.2) is 8.42 Å². The summed E-state index contributed by atoms with van der Waals surface area (Å²) in [5.74, 6) is 0.787. The topological polar surface area (TPSA) is 117 Å². The van der Waals surface area contributed by atoms with Gasteiger partial charge in [0.1, 0.15) is 5.69 Å². The predicted octanol–water partition coefficient (Wildman–Crippen LogP) is 2.11. The summed E-state index contributed by atoms with van der Waals surface area (Å²) in [5, 5.41) is 17.4.